The summed E-state index contributed by atoms with van der Waals surface area (Å²) in [4.78, 5) is 39.0. The molecule has 1 aliphatic heterocycles. The molecule has 7 heteroatoms. The Hall–Kier alpha value is -4.65. The highest BCUT2D eigenvalue weighted by atomic mass is 16.5. The molecule has 0 saturated heterocycles. The lowest BCUT2D eigenvalue weighted by Gasteiger charge is -2.28. The molecule has 7 nitrogen and oxygen atoms in total. The number of hydrogen-bond donors (Lipinski definition) is 0. The zero-order valence-corrected chi connectivity index (χ0v) is 20.5. The molecule has 6 rings (SSSR count). The first kappa shape index (κ1) is 22.8. The minimum atomic E-state index is -0.526. The van der Waals surface area contributed by atoms with Crippen LogP contribution in [0.4, 0.5) is 0 Å². The highest BCUT2D eigenvalue weighted by Crippen LogP contribution is 2.47. The molecule has 1 aliphatic rings. The molecule has 3 aromatic carbocycles. The van der Waals surface area contributed by atoms with Gasteiger partial charge in [0.05, 0.1) is 24.4 Å². The number of carbonyl (C=O) groups is 1. The van der Waals surface area contributed by atoms with Gasteiger partial charge in [-0.1, -0.05) is 30.3 Å². The molecular formula is C30H23NO6. The van der Waals surface area contributed by atoms with E-state index in [1.54, 1.807) is 24.8 Å². The van der Waals surface area contributed by atoms with Gasteiger partial charge in [0.1, 0.15) is 17.1 Å². The number of aryl methyl sites for hydroxylation is 2. The van der Waals surface area contributed by atoms with E-state index in [4.69, 9.17) is 13.9 Å². The Morgan fingerprint density at radius 3 is 2.51 bits per heavy atom. The molecule has 5 aromatic rings. The standard InChI is InChI=1S/C30H23NO6/c1-16-11-24-28(20(14-25(32)36-24)17-7-5-4-6-8-17)29-27(16)21(15-26(33)37-29)22-12-18-9-10-19(35-3)13-23(18)31(2)30(22)34/h4-14,21H,15H2,1-3H3/t21-/m1/s1. The molecule has 37 heavy (non-hydrogen) atoms. The van der Waals surface area contributed by atoms with E-state index in [1.165, 1.54) is 6.07 Å². The lowest BCUT2D eigenvalue weighted by Crippen LogP contribution is -2.29. The fourth-order valence-electron chi connectivity index (χ4n) is 5.35. The maximum Gasteiger partial charge on any atom is 0.336 e. The smallest absolute Gasteiger partial charge is 0.336 e. The summed E-state index contributed by atoms with van der Waals surface area (Å²) in [7, 11) is 3.29. The van der Waals surface area contributed by atoms with E-state index >= 15 is 0 Å². The van der Waals surface area contributed by atoms with Gasteiger partial charge in [0, 0.05) is 41.8 Å². The Kier molecular flexibility index (Phi) is 5.22. The van der Waals surface area contributed by atoms with Crippen LogP contribution in [0.1, 0.15) is 29.0 Å². The average Bonchev–Trinajstić information content (AvgIpc) is 2.89. The lowest BCUT2D eigenvalue weighted by molar-refractivity contribution is -0.135. The van der Waals surface area contributed by atoms with Gasteiger partial charge in [-0.15, -0.1) is 0 Å². The number of hydrogen-bond acceptors (Lipinski definition) is 6. The van der Waals surface area contributed by atoms with Crippen LogP contribution in [0.5, 0.6) is 11.5 Å². The van der Waals surface area contributed by atoms with E-state index in [-0.39, 0.29) is 12.0 Å². The number of rotatable bonds is 3. The molecular weight excluding hydrogens is 470 g/mol. The van der Waals surface area contributed by atoms with Crippen LogP contribution in [0, 0.1) is 6.92 Å². The van der Waals surface area contributed by atoms with E-state index < -0.39 is 17.5 Å². The van der Waals surface area contributed by atoms with Crippen LogP contribution < -0.4 is 20.7 Å². The Balaban J connectivity index is 1.66. The summed E-state index contributed by atoms with van der Waals surface area (Å²) in [5.41, 5.74) is 3.77. The van der Waals surface area contributed by atoms with Crippen molar-refractivity contribution in [2.45, 2.75) is 19.3 Å². The predicted molar refractivity (Wildman–Crippen MR) is 140 cm³/mol. The van der Waals surface area contributed by atoms with E-state index in [0.717, 1.165) is 27.6 Å². The fourth-order valence-corrected chi connectivity index (χ4v) is 5.35. The summed E-state index contributed by atoms with van der Waals surface area (Å²) in [5.74, 6) is 0.00252. The first-order valence-electron chi connectivity index (χ1n) is 11.9. The van der Waals surface area contributed by atoms with Crippen molar-refractivity contribution in [1.29, 1.82) is 0 Å². The number of ether oxygens (including phenoxy) is 2. The summed E-state index contributed by atoms with van der Waals surface area (Å²) in [6.07, 6.45) is 0.0215. The number of fused-ring (bicyclic) bond motifs is 4. The van der Waals surface area contributed by atoms with Gasteiger partial charge < -0.3 is 18.5 Å². The first-order chi connectivity index (χ1) is 17.9. The van der Waals surface area contributed by atoms with E-state index in [0.29, 0.717) is 33.6 Å². The first-order valence-corrected chi connectivity index (χ1v) is 11.9. The molecule has 0 spiro atoms. The minimum absolute atomic E-state index is 0.0215. The van der Waals surface area contributed by atoms with Crippen molar-refractivity contribution in [2.75, 3.05) is 7.11 Å². The van der Waals surface area contributed by atoms with Crippen molar-refractivity contribution >= 4 is 27.8 Å². The van der Waals surface area contributed by atoms with Gasteiger partial charge in [0.2, 0.25) is 0 Å². The molecule has 184 valence electrons. The largest absolute Gasteiger partial charge is 0.497 e. The fraction of sp³-hybridized carbons (Fsp3) is 0.167. The van der Waals surface area contributed by atoms with Crippen LogP contribution in [0.3, 0.4) is 0 Å². The van der Waals surface area contributed by atoms with Crippen molar-refractivity contribution in [3.8, 4) is 22.6 Å². The number of methoxy groups -OCH3 is 1. The SMILES string of the molecule is COc1ccc2cc([C@H]3CC(=O)Oc4c3c(C)cc3oc(=O)cc(-c5ccccc5)c43)c(=O)n(C)c2c1. The van der Waals surface area contributed by atoms with Crippen LogP contribution in [0.2, 0.25) is 0 Å². The monoisotopic (exact) mass is 493 g/mol. The summed E-state index contributed by atoms with van der Waals surface area (Å²) in [5, 5.41) is 1.39. The highest BCUT2D eigenvalue weighted by Gasteiger charge is 2.35. The maximum absolute atomic E-state index is 13.6. The third kappa shape index (κ3) is 3.62. The van der Waals surface area contributed by atoms with Gasteiger partial charge in [0.25, 0.3) is 5.56 Å². The van der Waals surface area contributed by atoms with Crippen LogP contribution in [-0.2, 0) is 11.8 Å². The normalized spacial score (nSPS) is 15.0. The molecule has 3 heterocycles. The summed E-state index contributed by atoms with van der Waals surface area (Å²) in [6, 6.07) is 20.0. The summed E-state index contributed by atoms with van der Waals surface area (Å²) < 4.78 is 18.3. The molecule has 0 saturated carbocycles. The quantitative estimate of drug-likeness (QED) is 0.198. The zero-order chi connectivity index (χ0) is 25.8. The van der Waals surface area contributed by atoms with Crippen molar-refractivity contribution in [2.24, 2.45) is 7.05 Å². The average molecular weight is 494 g/mol. The van der Waals surface area contributed by atoms with Crippen molar-refractivity contribution in [3.05, 3.63) is 104 Å². The van der Waals surface area contributed by atoms with Crippen LogP contribution in [0.15, 0.2) is 80.7 Å². The summed E-state index contributed by atoms with van der Waals surface area (Å²) in [6.45, 7) is 1.87. The van der Waals surface area contributed by atoms with E-state index in [2.05, 4.69) is 0 Å². The third-order valence-electron chi connectivity index (χ3n) is 7.09. The predicted octanol–water partition coefficient (Wildman–Crippen LogP) is 5.07. The molecule has 2 aromatic heterocycles. The minimum Gasteiger partial charge on any atom is -0.497 e. The second kappa shape index (κ2) is 8.48. The molecule has 0 fully saturated rings. The molecule has 0 N–H and O–H groups in total. The topological polar surface area (TPSA) is 87.7 Å². The molecule has 0 bridgehead atoms. The van der Waals surface area contributed by atoms with Crippen LogP contribution in [-0.4, -0.2) is 17.6 Å². The van der Waals surface area contributed by atoms with Gasteiger partial charge >= 0.3 is 11.6 Å². The number of aromatic nitrogens is 1. The Morgan fingerprint density at radius 2 is 1.76 bits per heavy atom. The molecule has 1 atom stereocenters. The van der Waals surface area contributed by atoms with Gasteiger partial charge in [0.15, 0.2) is 0 Å². The van der Waals surface area contributed by atoms with Gasteiger partial charge in [-0.2, -0.15) is 0 Å². The van der Waals surface area contributed by atoms with Crippen LogP contribution >= 0.6 is 0 Å². The highest BCUT2D eigenvalue weighted by molar-refractivity contribution is 6.01. The summed E-state index contributed by atoms with van der Waals surface area (Å²) >= 11 is 0. The molecule has 0 radical (unpaired) electrons. The second-order valence-corrected chi connectivity index (χ2v) is 9.27. The number of carbonyl (C=O) groups excluding carboxylic acids is 1. The Labute approximate surface area is 211 Å². The van der Waals surface area contributed by atoms with E-state index in [9.17, 15) is 14.4 Å². The number of nitrogens with zero attached hydrogens (tertiary/aromatic N) is 1. The molecule has 0 unspecified atom stereocenters. The van der Waals surface area contributed by atoms with Crippen molar-refractivity contribution in [3.63, 3.8) is 0 Å². The maximum atomic E-state index is 13.6. The molecule has 0 aliphatic carbocycles. The third-order valence-corrected chi connectivity index (χ3v) is 7.09. The molecule has 0 amide bonds. The van der Waals surface area contributed by atoms with Gasteiger partial charge in [-0.25, -0.2) is 4.79 Å². The zero-order valence-electron chi connectivity index (χ0n) is 20.5. The Bertz CT molecular complexity index is 1850. The number of benzene rings is 3. The number of esters is 1. The van der Waals surface area contributed by atoms with Crippen LogP contribution in [0.25, 0.3) is 33.0 Å². The number of pyridine rings is 1. The van der Waals surface area contributed by atoms with Gasteiger partial charge in [-0.05, 0) is 47.7 Å². The Morgan fingerprint density at radius 1 is 0.973 bits per heavy atom. The van der Waals surface area contributed by atoms with Crippen molar-refractivity contribution in [1.82, 2.24) is 4.57 Å². The second-order valence-electron chi connectivity index (χ2n) is 9.27. The van der Waals surface area contributed by atoms with Gasteiger partial charge in [-0.3, -0.25) is 9.59 Å². The van der Waals surface area contributed by atoms with E-state index in [1.807, 2.05) is 61.5 Å². The van der Waals surface area contributed by atoms with Crippen molar-refractivity contribution < 1.29 is 18.7 Å². The lowest BCUT2D eigenvalue weighted by atomic mass is 9.82.